The lowest BCUT2D eigenvalue weighted by Gasteiger charge is -2.48. The SMILES string of the molecule is CC(=O)O[C@@H]1[C@H]2OC(C)(C)O[C@H]2C(O[C@@H]2[C@@H](O)[C@@H](O)C(O[C@@H]3[C@@H](O)[C@@H](O)C(O[C@@H]4[C@@H](O)[C@@H](O)C(O)O[C@H]4C)O[C@H]3C)O[C@H]2C)O[C@H]1C. The van der Waals surface area contributed by atoms with Gasteiger partial charge in [-0.05, 0) is 41.5 Å². The van der Waals surface area contributed by atoms with Gasteiger partial charge in [-0.2, -0.15) is 0 Å². The van der Waals surface area contributed by atoms with E-state index >= 15 is 0 Å². The molecule has 0 saturated carbocycles. The molecule has 18 nitrogen and oxygen atoms in total. The highest BCUT2D eigenvalue weighted by molar-refractivity contribution is 5.66. The molecule has 0 aromatic heterocycles. The van der Waals surface area contributed by atoms with E-state index in [4.69, 9.17) is 47.4 Å². The van der Waals surface area contributed by atoms with Crippen molar-refractivity contribution in [3.05, 3.63) is 0 Å². The van der Waals surface area contributed by atoms with Crippen LogP contribution in [0.15, 0.2) is 0 Å². The van der Waals surface area contributed by atoms with Crippen molar-refractivity contribution in [2.75, 3.05) is 0 Å². The number of esters is 1. The van der Waals surface area contributed by atoms with Crippen LogP contribution in [0.2, 0.25) is 0 Å². The number of carbonyl (C=O) groups excluding carboxylic acids is 1. The fraction of sp³-hybridized carbons (Fsp3) is 0.966. The minimum atomic E-state index is -1.73. The van der Waals surface area contributed by atoms with Crippen LogP contribution in [0.3, 0.4) is 0 Å². The van der Waals surface area contributed by atoms with Gasteiger partial charge in [0.2, 0.25) is 0 Å². The smallest absolute Gasteiger partial charge is 0.303 e. The first-order valence-electron chi connectivity index (χ1n) is 15.8. The number of fused-ring (bicyclic) bond motifs is 1. The number of aliphatic hydroxyl groups is 7. The molecule has 5 rings (SSSR count). The highest BCUT2D eigenvalue weighted by atomic mass is 16.8. The number of hydrogen-bond donors (Lipinski definition) is 7. The Morgan fingerprint density at radius 2 is 0.915 bits per heavy atom. The lowest BCUT2D eigenvalue weighted by atomic mass is 9.96. The summed E-state index contributed by atoms with van der Waals surface area (Å²) in [5.41, 5.74) is 0. The third-order valence-corrected chi connectivity index (χ3v) is 9.09. The summed E-state index contributed by atoms with van der Waals surface area (Å²) in [6.45, 7) is 10.9. The maximum Gasteiger partial charge on any atom is 0.303 e. The van der Waals surface area contributed by atoms with Crippen molar-refractivity contribution >= 4 is 5.97 Å². The van der Waals surface area contributed by atoms with Gasteiger partial charge in [-0.3, -0.25) is 4.79 Å². The monoisotopic (exact) mass is 684 g/mol. The van der Waals surface area contributed by atoms with Crippen LogP contribution in [0, 0.1) is 0 Å². The predicted octanol–water partition coefficient (Wildman–Crippen LogP) is -3.27. The van der Waals surface area contributed by atoms with Crippen molar-refractivity contribution in [2.45, 2.75) is 177 Å². The van der Waals surface area contributed by atoms with Gasteiger partial charge >= 0.3 is 5.97 Å². The van der Waals surface area contributed by atoms with Crippen LogP contribution in [0.5, 0.6) is 0 Å². The molecule has 0 aromatic rings. The molecule has 20 atom stereocenters. The summed E-state index contributed by atoms with van der Waals surface area (Å²) >= 11 is 0. The van der Waals surface area contributed by atoms with Gasteiger partial charge in [0.15, 0.2) is 37.1 Å². The molecule has 5 fully saturated rings. The highest BCUT2D eigenvalue weighted by Gasteiger charge is 2.58. The Hall–Kier alpha value is -1.17. The van der Waals surface area contributed by atoms with Crippen molar-refractivity contribution in [3.63, 3.8) is 0 Å². The van der Waals surface area contributed by atoms with Gasteiger partial charge in [0.25, 0.3) is 0 Å². The van der Waals surface area contributed by atoms with Crippen LogP contribution in [-0.2, 0) is 52.2 Å². The molecule has 47 heavy (non-hydrogen) atoms. The van der Waals surface area contributed by atoms with E-state index < -0.39 is 135 Å². The molecule has 4 unspecified atom stereocenters. The molecule has 0 radical (unpaired) electrons. The minimum Gasteiger partial charge on any atom is -0.457 e. The van der Waals surface area contributed by atoms with Gasteiger partial charge in [0.05, 0.1) is 24.4 Å². The fourth-order valence-electron chi connectivity index (χ4n) is 6.67. The van der Waals surface area contributed by atoms with Crippen LogP contribution in [-0.4, -0.2) is 170 Å². The van der Waals surface area contributed by atoms with E-state index in [0.717, 1.165) is 0 Å². The zero-order valence-electron chi connectivity index (χ0n) is 27.2. The molecule has 5 aliphatic heterocycles. The van der Waals surface area contributed by atoms with Gasteiger partial charge in [-0.15, -0.1) is 0 Å². The van der Waals surface area contributed by atoms with Crippen LogP contribution in [0.4, 0.5) is 0 Å². The van der Waals surface area contributed by atoms with E-state index in [1.807, 2.05) is 0 Å². The Morgan fingerprint density at radius 1 is 0.532 bits per heavy atom. The fourth-order valence-corrected chi connectivity index (χ4v) is 6.67. The average molecular weight is 685 g/mol. The summed E-state index contributed by atoms with van der Waals surface area (Å²) in [4.78, 5) is 11.7. The molecule has 0 bridgehead atoms. The van der Waals surface area contributed by atoms with E-state index in [0.29, 0.717) is 0 Å². The van der Waals surface area contributed by atoms with Crippen molar-refractivity contribution in [2.24, 2.45) is 0 Å². The predicted molar refractivity (Wildman–Crippen MR) is 150 cm³/mol. The zero-order chi connectivity index (χ0) is 34.7. The van der Waals surface area contributed by atoms with Gasteiger partial charge in [-0.25, -0.2) is 0 Å². The Bertz CT molecular complexity index is 1080. The summed E-state index contributed by atoms with van der Waals surface area (Å²) in [6.07, 6.45) is -25.2. The Balaban J connectivity index is 1.21. The number of hydrogen-bond acceptors (Lipinski definition) is 18. The Kier molecular flexibility index (Phi) is 11.2. The van der Waals surface area contributed by atoms with E-state index in [2.05, 4.69) is 0 Å². The molecule has 5 heterocycles. The average Bonchev–Trinajstić information content (AvgIpc) is 3.32. The molecular formula is C29H48O18. The third kappa shape index (κ3) is 7.48. The molecule has 5 saturated heterocycles. The molecule has 272 valence electrons. The number of aliphatic hydroxyl groups excluding tert-OH is 7. The number of rotatable bonds is 7. The van der Waals surface area contributed by atoms with Crippen LogP contribution in [0.25, 0.3) is 0 Å². The van der Waals surface area contributed by atoms with Crippen LogP contribution in [0.1, 0.15) is 48.5 Å². The minimum absolute atomic E-state index is 0.526. The molecule has 0 aromatic carbocycles. The van der Waals surface area contributed by atoms with E-state index in [1.54, 1.807) is 27.7 Å². The molecule has 0 amide bonds. The Morgan fingerprint density at radius 3 is 1.40 bits per heavy atom. The van der Waals surface area contributed by atoms with Gasteiger partial charge in [0.1, 0.15) is 67.1 Å². The van der Waals surface area contributed by atoms with Crippen molar-refractivity contribution in [3.8, 4) is 0 Å². The second-order valence-corrected chi connectivity index (χ2v) is 13.2. The maximum absolute atomic E-state index is 11.7. The lowest BCUT2D eigenvalue weighted by molar-refractivity contribution is -0.379. The van der Waals surface area contributed by atoms with Crippen LogP contribution < -0.4 is 0 Å². The van der Waals surface area contributed by atoms with Crippen molar-refractivity contribution < 1.29 is 87.9 Å². The van der Waals surface area contributed by atoms with Gasteiger partial charge < -0.3 is 83.1 Å². The summed E-state index contributed by atoms with van der Waals surface area (Å²) < 4.78 is 57.8. The maximum atomic E-state index is 11.7. The quantitative estimate of drug-likeness (QED) is 0.130. The standard InChI is InChI=1S/C29H48O18/c1-8-19(13(31)16(34)25(37)38-8)43-26-17(35)14(32)20(9(2)39-26)44-27-18(36)15(33)21(10(3)40-27)45-28-24-23(46-29(6,7)47-24)22(11(4)41-28)42-12(5)30/h8-11,13-28,31-37H,1-7H3/t8-,9-,10-,11-,13-,14-,15-,16+,17+,18+,19-,20-,21-,22-,23+,24+,25?,26?,27?,28?/m0/s1. The lowest BCUT2D eigenvalue weighted by Crippen LogP contribution is -2.65. The van der Waals surface area contributed by atoms with E-state index in [9.17, 15) is 40.5 Å². The van der Waals surface area contributed by atoms with Crippen molar-refractivity contribution in [1.29, 1.82) is 0 Å². The molecular weight excluding hydrogens is 636 g/mol. The first-order valence-corrected chi connectivity index (χ1v) is 15.8. The molecule has 0 aliphatic carbocycles. The van der Waals surface area contributed by atoms with Gasteiger partial charge in [-0.1, -0.05) is 0 Å². The molecule has 7 N–H and O–H groups in total. The van der Waals surface area contributed by atoms with E-state index in [1.165, 1.54) is 20.8 Å². The zero-order valence-corrected chi connectivity index (χ0v) is 27.2. The summed E-state index contributed by atoms with van der Waals surface area (Å²) in [5.74, 6) is -1.59. The molecule has 0 spiro atoms. The molecule has 18 heteroatoms. The van der Waals surface area contributed by atoms with E-state index in [-0.39, 0.29) is 0 Å². The topological polar surface area (TPSA) is 251 Å². The summed E-state index contributed by atoms with van der Waals surface area (Å²) in [7, 11) is 0. The van der Waals surface area contributed by atoms with Crippen LogP contribution >= 0.6 is 0 Å². The summed E-state index contributed by atoms with van der Waals surface area (Å²) in [5, 5.41) is 74.0. The normalized spacial score (nSPS) is 53.3. The second kappa shape index (κ2) is 14.2. The van der Waals surface area contributed by atoms with Crippen molar-refractivity contribution in [1.82, 2.24) is 0 Å². The third-order valence-electron chi connectivity index (χ3n) is 9.09. The number of ether oxygens (including phenoxy) is 10. The summed E-state index contributed by atoms with van der Waals surface area (Å²) in [6, 6.07) is 0. The largest absolute Gasteiger partial charge is 0.457 e. The number of carbonyl (C=O) groups is 1. The molecule has 5 aliphatic rings. The first-order chi connectivity index (χ1) is 21.9. The van der Waals surface area contributed by atoms with Gasteiger partial charge in [0, 0.05) is 6.92 Å². The highest BCUT2D eigenvalue weighted by Crippen LogP contribution is 2.41. The Labute approximate surface area is 271 Å². The second-order valence-electron chi connectivity index (χ2n) is 13.2. The first kappa shape index (κ1) is 37.1.